The van der Waals surface area contributed by atoms with E-state index in [-0.39, 0.29) is 28.0 Å². The highest BCUT2D eigenvalue weighted by atomic mass is 32.2. The summed E-state index contributed by atoms with van der Waals surface area (Å²) < 4.78 is 24.3. The Morgan fingerprint density at radius 1 is 1.42 bits per heavy atom. The Labute approximate surface area is 117 Å². The zero-order chi connectivity index (χ0) is 14.4. The van der Waals surface area contributed by atoms with Crippen LogP contribution in [0.25, 0.3) is 0 Å². The average molecular weight is 302 g/mol. The number of nitrogen functional groups attached to an aromatic ring is 1. The predicted octanol–water partition coefficient (Wildman–Crippen LogP) is 1.78. The first-order valence-corrected chi connectivity index (χ1v) is 8.63. The van der Waals surface area contributed by atoms with Crippen LogP contribution in [0.2, 0.25) is 0 Å². The minimum atomic E-state index is -3.43. The van der Waals surface area contributed by atoms with E-state index in [1.165, 1.54) is 11.3 Å². The van der Waals surface area contributed by atoms with E-state index in [2.05, 4.69) is 0 Å². The van der Waals surface area contributed by atoms with E-state index in [9.17, 15) is 13.2 Å². The number of thiophene rings is 1. The van der Waals surface area contributed by atoms with Crippen molar-refractivity contribution in [1.82, 2.24) is 0 Å². The maximum Gasteiger partial charge on any atom is 0.183 e. The fourth-order valence-electron chi connectivity index (χ4n) is 1.87. The Morgan fingerprint density at radius 3 is 2.42 bits per heavy atom. The van der Waals surface area contributed by atoms with Crippen molar-refractivity contribution >= 4 is 37.6 Å². The smallest absolute Gasteiger partial charge is 0.183 e. The third-order valence-electron chi connectivity index (χ3n) is 3.15. The number of anilines is 2. The van der Waals surface area contributed by atoms with Crippen LogP contribution in [-0.2, 0) is 9.84 Å². The van der Waals surface area contributed by atoms with Crippen molar-refractivity contribution in [3.63, 3.8) is 0 Å². The highest BCUT2D eigenvalue weighted by Gasteiger charge is 2.36. The summed E-state index contributed by atoms with van der Waals surface area (Å²) in [4.78, 5) is 14.4. The molecular formula is C12H18N2O3S2. The Morgan fingerprint density at radius 2 is 2.00 bits per heavy atom. The van der Waals surface area contributed by atoms with Crippen molar-refractivity contribution < 1.29 is 13.2 Å². The molecule has 1 aromatic rings. The molecule has 0 unspecified atom stereocenters. The zero-order valence-corrected chi connectivity index (χ0v) is 12.9. The van der Waals surface area contributed by atoms with Gasteiger partial charge in [0.05, 0.1) is 16.3 Å². The molecule has 0 bridgehead atoms. The summed E-state index contributed by atoms with van der Waals surface area (Å²) >= 11 is 1.19. The lowest BCUT2D eigenvalue weighted by Gasteiger charge is -2.12. The molecule has 0 atom stereocenters. The van der Waals surface area contributed by atoms with Crippen molar-refractivity contribution in [3.05, 3.63) is 4.88 Å². The van der Waals surface area contributed by atoms with Crippen LogP contribution in [0.4, 0.5) is 10.7 Å². The van der Waals surface area contributed by atoms with Gasteiger partial charge in [0.2, 0.25) is 0 Å². The van der Waals surface area contributed by atoms with Crippen molar-refractivity contribution in [2.75, 3.05) is 30.5 Å². The van der Waals surface area contributed by atoms with Gasteiger partial charge in [0.1, 0.15) is 9.90 Å². The maximum atomic E-state index is 12.2. The number of hydrogen-bond acceptors (Lipinski definition) is 6. The highest BCUT2D eigenvalue weighted by molar-refractivity contribution is 7.92. The van der Waals surface area contributed by atoms with Crippen molar-refractivity contribution in [2.45, 2.75) is 24.7 Å². The van der Waals surface area contributed by atoms with Crippen LogP contribution >= 0.6 is 11.3 Å². The highest BCUT2D eigenvalue weighted by Crippen LogP contribution is 2.44. The second-order valence-corrected chi connectivity index (χ2v) is 8.13. The van der Waals surface area contributed by atoms with Gasteiger partial charge in [-0.25, -0.2) is 8.42 Å². The Hall–Kier alpha value is -1.08. The molecule has 0 amide bonds. The molecule has 19 heavy (non-hydrogen) atoms. The van der Waals surface area contributed by atoms with E-state index < -0.39 is 9.84 Å². The normalized spacial score (nSPS) is 15.5. The van der Waals surface area contributed by atoms with Gasteiger partial charge in [-0.15, -0.1) is 11.3 Å². The second-order valence-electron chi connectivity index (χ2n) is 4.92. The summed E-state index contributed by atoms with van der Waals surface area (Å²) in [5, 5.41) is 0.545. The summed E-state index contributed by atoms with van der Waals surface area (Å²) in [5.74, 6) is 0.00236. The molecule has 0 radical (unpaired) electrons. The first kappa shape index (κ1) is 14.3. The summed E-state index contributed by atoms with van der Waals surface area (Å²) in [6, 6.07) is 0. The quantitative estimate of drug-likeness (QED) is 0.839. The topological polar surface area (TPSA) is 80.5 Å². The molecule has 1 heterocycles. The van der Waals surface area contributed by atoms with Gasteiger partial charge in [0, 0.05) is 20.0 Å². The molecule has 0 aromatic carbocycles. The van der Waals surface area contributed by atoms with Crippen LogP contribution in [0.5, 0.6) is 0 Å². The monoisotopic (exact) mass is 302 g/mol. The number of carbonyl (C=O) groups is 1. The summed E-state index contributed by atoms with van der Waals surface area (Å²) in [6.45, 7) is 1.58. The molecule has 1 saturated carbocycles. The van der Waals surface area contributed by atoms with Gasteiger partial charge in [-0.3, -0.25) is 4.79 Å². The van der Waals surface area contributed by atoms with Gasteiger partial charge < -0.3 is 10.6 Å². The number of nitrogens with zero attached hydrogens (tertiary/aromatic N) is 1. The number of carbonyl (C=O) groups excluding carboxylic acids is 1. The van der Waals surface area contributed by atoms with E-state index in [4.69, 9.17) is 5.73 Å². The maximum absolute atomic E-state index is 12.2. The van der Waals surface area contributed by atoms with Crippen LogP contribution in [0.15, 0.2) is 4.90 Å². The summed E-state index contributed by atoms with van der Waals surface area (Å²) in [7, 11) is 0.0796. The standard InChI is InChI=1S/C12H18N2O3S2/c1-4-19(16,17)11-8(13)10(9(15)7-5-6-7)18-12(11)14(2)3/h7H,4-6,13H2,1-3H3. The van der Waals surface area contributed by atoms with Crippen LogP contribution in [0.3, 0.4) is 0 Å². The average Bonchev–Trinajstić information content (AvgIpc) is 3.11. The SMILES string of the molecule is CCS(=O)(=O)c1c(N(C)C)sc(C(=O)C2CC2)c1N. The van der Waals surface area contributed by atoms with Crippen LogP contribution in [-0.4, -0.2) is 34.0 Å². The van der Waals surface area contributed by atoms with E-state index in [0.717, 1.165) is 12.8 Å². The van der Waals surface area contributed by atoms with Crippen LogP contribution in [0, 0.1) is 5.92 Å². The minimum absolute atomic E-state index is 0.0110. The Balaban J connectivity index is 2.61. The molecule has 7 heteroatoms. The molecule has 1 aliphatic rings. The van der Waals surface area contributed by atoms with Crippen LogP contribution in [0.1, 0.15) is 29.4 Å². The molecule has 0 aliphatic heterocycles. The number of nitrogens with two attached hydrogens (primary N) is 1. The van der Waals surface area contributed by atoms with Crippen molar-refractivity contribution in [3.8, 4) is 0 Å². The number of ketones is 1. The molecule has 106 valence electrons. The van der Waals surface area contributed by atoms with Gasteiger partial charge in [-0.2, -0.15) is 0 Å². The lowest BCUT2D eigenvalue weighted by Crippen LogP contribution is -2.14. The molecule has 1 fully saturated rings. The number of sulfone groups is 1. The van der Waals surface area contributed by atoms with E-state index >= 15 is 0 Å². The molecule has 2 N–H and O–H groups in total. The zero-order valence-electron chi connectivity index (χ0n) is 11.3. The van der Waals surface area contributed by atoms with Crippen LogP contribution < -0.4 is 10.6 Å². The van der Waals surface area contributed by atoms with Crippen molar-refractivity contribution in [1.29, 1.82) is 0 Å². The van der Waals surface area contributed by atoms with E-state index in [1.54, 1.807) is 25.9 Å². The van der Waals surface area contributed by atoms with Gasteiger partial charge in [0.25, 0.3) is 0 Å². The van der Waals surface area contributed by atoms with Gasteiger partial charge in [-0.05, 0) is 12.8 Å². The summed E-state index contributed by atoms with van der Waals surface area (Å²) in [6.07, 6.45) is 1.76. The number of Topliss-reactive ketones (excluding diaryl/α,β-unsaturated/α-hetero) is 1. The first-order valence-electron chi connectivity index (χ1n) is 6.16. The molecule has 5 nitrogen and oxygen atoms in total. The Bertz CT molecular complexity index is 613. The lowest BCUT2D eigenvalue weighted by atomic mass is 10.2. The lowest BCUT2D eigenvalue weighted by molar-refractivity contribution is 0.0972. The first-order chi connectivity index (χ1) is 8.79. The number of hydrogen-bond donors (Lipinski definition) is 1. The van der Waals surface area contributed by atoms with Crippen molar-refractivity contribution in [2.24, 2.45) is 5.92 Å². The molecule has 0 saturated heterocycles. The third kappa shape index (κ3) is 2.49. The Kier molecular flexibility index (Phi) is 3.61. The summed E-state index contributed by atoms with van der Waals surface area (Å²) in [5.41, 5.74) is 6.09. The molecule has 1 aliphatic carbocycles. The fraction of sp³-hybridized carbons (Fsp3) is 0.583. The van der Waals surface area contributed by atoms with Gasteiger partial charge in [0.15, 0.2) is 15.6 Å². The second kappa shape index (κ2) is 4.79. The predicted molar refractivity (Wildman–Crippen MR) is 77.8 cm³/mol. The van der Waals surface area contributed by atoms with Gasteiger partial charge >= 0.3 is 0 Å². The molecule has 1 aromatic heterocycles. The molecular weight excluding hydrogens is 284 g/mol. The number of rotatable bonds is 5. The van der Waals surface area contributed by atoms with Gasteiger partial charge in [-0.1, -0.05) is 6.92 Å². The molecule has 0 spiro atoms. The van der Waals surface area contributed by atoms with E-state index in [0.29, 0.717) is 9.88 Å². The molecule has 2 rings (SSSR count). The minimum Gasteiger partial charge on any atom is -0.396 e. The largest absolute Gasteiger partial charge is 0.396 e. The fourth-order valence-corrected chi connectivity index (χ4v) is 4.67. The third-order valence-corrected chi connectivity index (χ3v) is 6.46. The van der Waals surface area contributed by atoms with E-state index in [1.807, 2.05) is 0 Å².